The van der Waals surface area contributed by atoms with Gasteiger partial charge in [0.2, 0.25) is 11.0 Å². The summed E-state index contributed by atoms with van der Waals surface area (Å²) in [6.07, 6.45) is -4.40. The van der Waals surface area contributed by atoms with Gasteiger partial charge >= 0.3 is 6.18 Å². The molecule has 0 spiro atoms. The highest BCUT2D eigenvalue weighted by atomic mass is 32.2. The normalized spacial score (nSPS) is 12.7. The van der Waals surface area contributed by atoms with E-state index < -0.39 is 17.0 Å². The molecule has 0 aliphatic rings. The lowest BCUT2D eigenvalue weighted by atomic mass is 10.2. The Morgan fingerprint density at radius 1 is 1.29 bits per heavy atom. The first-order chi connectivity index (χ1) is 11.3. The molecule has 1 atom stereocenters. The second-order valence-corrected chi connectivity index (χ2v) is 7.29. The van der Waals surface area contributed by atoms with Gasteiger partial charge in [-0.1, -0.05) is 23.1 Å². The van der Waals surface area contributed by atoms with E-state index in [1.54, 1.807) is 6.92 Å². The Morgan fingerprint density at radius 3 is 2.54 bits per heavy atom. The molecule has 0 aliphatic carbocycles. The number of hydrogen-bond acceptors (Lipinski definition) is 6. The van der Waals surface area contributed by atoms with E-state index in [4.69, 9.17) is 0 Å². The minimum absolute atomic E-state index is 0.311. The van der Waals surface area contributed by atoms with Crippen LogP contribution in [0.3, 0.4) is 0 Å². The molecule has 2 N–H and O–H groups in total. The SMILES string of the molecule is CCNc1nnc(S[C@H](C)C(=O)Nc2ccc(C(F)(F)F)cc2)s1. The molecule has 5 nitrogen and oxygen atoms in total. The van der Waals surface area contributed by atoms with E-state index in [1.165, 1.54) is 35.2 Å². The lowest BCUT2D eigenvalue weighted by molar-refractivity contribution is -0.137. The number of rotatable bonds is 6. The average molecular weight is 376 g/mol. The molecule has 0 radical (unpaired) electrons. The Bertz CT molecular complexity index is 688. The lowest BCUT2D eigenvalue weighted by Crippen LogP contribution is -2.22. The molecule has 0 aliphatic heterocycles. The van der Waals surface area contributed by atoms with Crippen LogP contribution in [0.25, 0.3) is 0 Å². The van der Waals surface area contributed by atoms with E-state index in [1.807, 2.05) is 6.92 Å². The van der Waals surface area contributed by atoms with Crippen LogP contribution in [-0.4, -0.2) is 27.9 Å². The van der Waals surface area contributed by atoms with E-state index in [2.05, 4.69) is 20.8 Å². The average Bonchev–Trinajstić information content (AvgIpc) is 2.94. The summed E-state index contributed by atoms with van der Waals surface area (Å²) in [6.45, 7) is 4.36. The Hall–Kier alpha value is -1.81. The Balaban J connectivity index is 1.93. The number of amides is 1. The number of hydrogen-bond donors (Lipinski definition) is 2. The summed E-state index contributed by atoms with van der Waals surface area (Å²) in [6, 6.07) is 4.32. The van der Waals surface area contributed by atoms with Crippen LogP contribution in [0.2, 0.25) is 0 Å². The van der Waals surface area contributed by atoms with Gasteiger partial charge in [-0.05, 0) is 38.1 Å². The molecular weight excluding hydrogens is 361 g/mol. The molecule has 1 amide bonds. The number of benzene rings is 1. The standard InChI is InChI=1S/C14H15F3N4OS2/c1-3-18-12-20-21-13(24-12)23-8(2)11(22)19-10-6-4-9(5-7-10)14(15,16)17/h4-8H,3H2,1-2H3,(H,18,20)(H,19,22)/t8-/m1/s1. The summed E-state index contributed by atoms with van der Waals surface area (Å²) >= 11 is 2.58. The van der Waals surface area contributed by atoms with Crippen LogP contribution in [0.1, 0.15) is 19.4 Å². The van der Waals surface area contributed by atoms with Crippen LogP contribution in [0.5, 0.6) is 0 Å². The monoisotopic (exact) mass is 376 g/mol. The Morgan fingerprint density at radius 2 is 1.96 bits per heavy atom. The van der Waals surface area contributed by atoms with Gasteiger partial charge in [0, 0.05) is 12.2 Å². The molecule has 0 saturated carbocycles. The maximum absolute atomic E-state index is 12.5. The number of carbonyl (C=O) groups excluding carboxylic acids is 1. The van der Waals surface area contributed by atoms with Crippen molar-refractivity contribution in [2.24, 2.45) is 0 Å². The topological polar surface area (TPSA) is 66.9 Å². The molecule has 1 aromatic carbocycles. The summed E-state index contributed by atoms with van der Waals surface area (Å²) < 4.78 is 38.1. The molecule has 0 saturated heterocycles. The van der Waals surface area contributed by atoms with Gasteiger partial charge in [0.15, 0.2) is 4.34 Å². The maximum atomic E-state index is 12.5. The van der Waals surface area contributed by atoms with Crippen molar-refractivity contribution >= 4 is 39.8 Å². The fourth-order valence-corrected chi connectivity index (χ4v) is 3.64. The zero-order valence-electron chi connectivity index (χ0n) is 12.8. The molecule has 2 rings (SSSR count). The van der Waals surface area contributed by atoms with Crippen molar-refractivity contribution in [2.75, 3.05) is 17.2 Å². The van der Waals surface area contributed by atoms with Crippen LogP contribution >= 0.6 is 23.1 Å². The number of thioether (sulfide) groups is 1. The van der Waals surface area contributed by atoms with E-state index in [0.717, 1.165) is 18.7 Å². The van der Waals surface area contributed by atoms with E-state index in [0.29, 0.717) is 15.2 Å². The molecule has 24 heavy (non-hydrogen) atoms. The van der Waals surface area contributed by atoms with Crippen molar-refractivity contribution in [1.82, 2.24) is 10.2 Å². The van der Waals surface area contributed by atoms with Crippen molar-refractivity contribution in [3.8, 4) is 0 Å². The molecular formula is C14H15F3N4OS2. The van der Waals surface area contributed by atoms with Gasteiger partial charge < -0.3 is 10.6 Å². The van der Waals surface area contributed by atoms with Gasteiger partial charge in [-0.2, -0.15) is 13.2 Å². The van der Waals surface area contributed by atoms with Gasteiger partial charge in [-0.15, -0.1) is 10.2 Å². The molecule has 0 bridgehead atoms. The van der Waals surface area contributed by atoms with Gasteiger partial charge in [-0.3, -0.25) is 4.79 Å². The quantitative estimate of drug-likeness (QED) is 0.743. The first kappa shape index (κ1) is 18.5. The number of anilines is 2. The minimum atomic E-state index is -4.40. The van der Waals surface area contributed by atoms with E-state index >= 15 is 0 Å². The number of halogens is 3. The largest absolute Gasteiger partial charge is 0.416 e. The molecule has 0 fully saturated rings. The van der Waals surface area contributed by atoms with Crippen LogP contribution in [-0.2, 0) is 11.0 Å². The van der Waals surface area contributed by atoms with E-state index in [-0.39, 0.29) is 5.91 Å². The molecule has 130 valence electrons. The smallest absolute Gasteiger partial charge is 0.360 e. The van der Waals surface area contributed by atoms with Crippen molar-refractivity contribution in [2.45, 2.75) is 29.6 Å². The molecule has 1 heterocycles. The molecule has 2 aromatic rings. The maximum Gasteiger partial charge on any atom is 0.416 e. The molecule has 1 aromatic heterocycles. The summed E-state index contributed by atoms with van der Waals surface area (Å²) in [5.41, 5.74) is -0.446. The van der Waals surface area contributed by atoms with Crippen molar-refractivity contribution < 1.29 is 18.0 Å². The highest BCUT2D eigenvalue weighted by Crippen LogP contribution is 2.31. The first-order valence-corrected chi connectivity index (χ1v) is 8.71. The predicted molar refractivity (Wildman–Crippen MR) is 89.5 cm³/mol. The Labute approximate surface area is 145 Å². The van der Waals surface area contributed by atoms with Crippen molar-refractivity contribution in [1.29, 1.82) is 0 Å². The fraction of sp³-hybridized carbons (Fsp3) is 0.357. The number of alkyl halides is 3. The second-order valence-electron chi connectivity index (χ2n) is 4.73. The zero-order chi connectivity index (χ0) is 17.7. The third-order valence-corrected chi connectivity index (χ3v) is 4.93. The van der Waals surface area contributed by atoms with Crippen molar-refractivity contribution in [3.05, 3.63) is 29.8 Å². The number of nitrogens with zero attached hydrogens (tertiary/aromatic N) is 2. The summed E-state index contributed by atoms with van der Waals surface area (Å²) in [5, 5.41) is 13.7. The van der Waals surface area contributed by atoms with Crippen LogP contribution < -0.4 is 10.6 Å². The zero-order valence-corrected chi connectivity index (χ0v) is 14.5. The third-order valence-electron chi connectivity index (χ3n) is 2.86. The predicted octanol–water partition coefficient (Wildman–Crippen LogP) is 4.11. The molecule has 0 unspecified atom stereocenters. The second kappa shape index (κ2) is 7.84. The van der Waals surface area contributed by atoms with Gasteiger partial charge in [-0.25, -0.2) is 0 Å². The fourth-order valence-electron chi connectivity index (χ4n) is 1.67. The van der Waals surface area contributed by atoms with Gasteiger partial charge in [0.05, 0.1) is 10.8 Å². The highest BCUT2D eigenvalue weighted by Gasteiger charge is 2.30. The van der Waals surface area contributed by atoms with Crippen LogP contribution in [0.15, 0.2) is 28.6 Å². The minimum Gasteiger partial charge on any atom is -0.360 e. The summed E-state index contributed by atoms with van der Waals surface area (Å²) in [4.78, 5) is 12.1. The first-order valence-electron chi connectivity index (χ1n) is 7.01. The van der Waals surface area contributed by atoms with Crippen LogP contribution in [0.4, 0.5) is 24.0 Å². The Kier molecular flexibility index (Phi) is 6.05. The lowest BCUT2D eigenvalue weighted by Gasteiger charge is -2.11. The number of nitrogens with one attached hydrogen (secondary N) is 2. The third kappa shape index (κ3) is 5.10. The number of aromatic nitrogens is 2. The van der Waals surface area contributed by atoms with E-state index in [9.17, 15) is 18.0 Å². The van der Waals surface area contributed by atoms with Gasteiger partial charge in [0.25, 0.3) is 0 Å². The van der Waals surface area contributed by atoms with Crippen molar-refractivity contribution in [3.63, 3.8) is 0 Å². The number of carbonyl (C=O) groups is 1. The summed E-state index contributed by atoms with van der Waals surface area (Å²) in [5.74, 6) is -0.319. The summed E-state index contributed by atoms with van der Waals surface area (Å²) in [7, 11) is 0. The highest BCUT2D eigenvalue weighted by molar-refractivity contribution is 8.02. The van der Waals surface area contributed by atoms with Gasteiger partial charge in [0.1, 0.15) is 0 Å². The molecule has 10 heteroatoms. The van der Waals surface area contributed by atoms with Crippen LogP contribution in [0, 0.1) is 0 Å².